The van der Waals surface area contributed by atoms with Crippen molar-refractivity contribution in [2.45, 2.75) is 31.8 Å². The van der Waals surface area contributed by atoms with Crippen molar-refractivity contribution in [3.63, 3.8) is 0 Å². The maximum atomic E-state index is 5.38. The van der Waals surface area contributed by atoms with Crippen LogP contribution in [-0.4, -0.2) is 33.4 Å². The molecule has 0 amide bonds. The van der Waals surface area contributed by atoms with Gasteiger partial charge in [-0.1, -0.05) is 6.42 Å². The van der Waals surface area contributed by atoms with E-state index in [9.17, 15) is 0 Å². The van der Waals surface area contributed by atoms with Crippen LogP contribution in [0, 0.1) is 0 Å². The van der Waals surface area contributed by atoms with E-state index in [1.165, 1.54) is 19.3 Å². The van der Waals surface area contributed by atoms with E-state index in [1.54, 1.807) is 14.2 Å². The molecule has 1 fully saturated rings. The summed E-state index contributed by atoms with van der Waals surface area (Å²) in [7, 11) is 3.39. The lowest BCUT2D eigenvalue weighted by Crippen LogP contribution is -2.41. The molecule has 4 nitrogen and oxygen atoms in total. The lowest BCUT2D eigenvalue weighted by Gasteiger charge is -2.24. The summed E-state index contributed by atoms with van der Waals surface area (Å²) < 4.78 is 10.6. The van der Waals surface area contributed by atoms with Crippen LogP contribution in [0.25, 0.3) is 0 Å². The number of benzene rings is 1. The SMILES string of the molecule is COc1ccc(OC)c(CNCC2CCCCN2)c1. The topological polar surface area (TPSA) is 42.5 Å². The van der Waals surface area contributed by atoms with E-state index in [0.29, 0.717) is 6.04 Å². The Kier molecular flexibility index (Phi) is 5.48. The van der Waals surface area contributed by atoms with Crippen LogP contribution in [0.15, 0.2) is 18.2 Å². The molecule has 0 bridgehead atoms. The first-order chi connectivity index (χ1) is 9.33. The van der Waals surface area contributed by atoms with Crippen molar-refractivity contribution in [3.8, 4) is 11.5 Å². The van der Waals surface area contributed by atoms with Crippen molar-refractivity contribution in [3.05, 3.63) is 23.8 Å². The number of ether oxygens (including phenoxy) is 2. The van der Waals surface area contributed by atoms with Crippen molar-refractivity contribution in [2.24, 2.45) is 0 Å². The average Bonchev–Trinajstić information content (AvgIpc) is 2.48. The molecule has 2 N–H and O–H groups in total. The first kappa shape index (κ1) is 14.2. The summed E-state index contributed by atoms with van der Waals surface area (Å²) >= 11 is 0. The smallest absolute Gasteiger partial charge is 0.123 e. The Bertz CT molecular complexity index is 390. The van der Waals surface area contributed by atoms with Gasteiger partial charge in [-0.15, -0.1) is 0 Å². The minimum absolute atomic E-state index is 0.602. The van der Waals surface area contributed by atoms with Gasteiger partial charge in [0, 0.05) is 24.7 Å². The summed E-state index contributed by atoms with van der Waals surface area (Å²) in [5.41, 5.74) is 1.14. The highest BCUT2D eigenvalue weighted by atomic mass is 16.5. The molecule has 1 aromatic rings. The molecule has 19 heavy (non-hydrogen) atoms. The average molecular weight is 264 g/mol. The minimum atomic E-state index is 0.602. The van der Waals surface area contributed by atoms with Gasteiger partial charge < -0.3 is 20.1 Å². The predicted octanol–water partition coefficient (Wildman–Crippen LogP) is 1.94. The number of piperidine rings is 1. The maximum Gasteiger partial charge on any atom is 0.123 e. The largest absolute Gasteiger partial charge is 0.497 e. The van der Waals surface area contributed by atoms with Gasteiger partial charge in [0.15, 0.2) is 0 Å². The van der Waals surface area contributed by atoms with E-state index in [-0.39, 0.29) is 0 Å². The fraction of sp³-hybridized carbons (Fsp3) is 0.600. The summed E-state index contributed by atoms with van der Waals surface area (Å²) in [6, 6.07) is 6.50. The molecule has 1 aliphatic rings. The fourth-order valence-electron chi connectivity index (χ4n) is 2.50. The molecule has 0 radical (unpaired) electrons. The van der Waals surface area contributed by atoms with E-state index >= 15 is 0 Å². The third kappa shape index (κ3) is 4.11. The molecule has 1 aromatic carbocycles. The van der Waals surface area contributed by atoms with Gasteiger partial charge in [0.2, 0.25) is 0 Å². The van der Waals surface area contributed by atoms with Crippen LogP contribution < -0.4 is 20.1 Å². The van der Waals surface area contributed by atoms with Gasteiger partial charge in [0.05, 0.1) is 14.2 Å². The van der Waals surface area contributed by atoms with Gasteiger partial charge >= 0.3 is 0 Å². The van der Waals surface area contributed by atoms with Crippen LogP contribution in [0.5, 0.6) is 11.5 Å². The molecule has 1 unspecified atom stereocenters. The van der Waals surface area contributed by atoms with Gasteiger partial charge in [-0.05, 0) is 37.6 Å². The Morgan fingerprint density at radius 1 is 1.26 bits per heavy atom. The van der Waals surface area contributed by atoms with Crippen molar-refractivity contribution in [1.82, 2.24) is 10.6 Å². The maximum absolute atomic E-state index is 5.38. The second kappa shape index (κ2) is 7.36. The highest BCUT2D eigenvalue weighted by Gasteiger charge is 2.12. The lowest BCUT2D eigenvalue weighted by molar-refractivity contribution is 0.377. The Morgan fingerprint density at radius 3 is 2.84 bits per heavy atom. The zero-order chi connectivity index (χ0) is 13.5. The number of rotatable bonds is 6. The molecule has 1 saturated heterocycles. The summed E-state index contributed by atoms with van der Waals surface area (Å²) in [6.07, 6.45) is 3.91. The van der Waals surface area contributed by atoms with Crippen LogP contribution in [0.1, 0.15) is 24.8 Å². The molecule has 106 valence electrons. The van der Waals surface area contributed by atoms with Crippen LogP contribution in [0.3, 0.4) is 0 Å². The van der Waals surface area contributed by atoms with E-state index in [0.717, 1.165) is 36.7 Å². The zero-order valence-corrected chi connectivity index (χ0v) is 11.9. The van der Waals surface area contributed by atoms with E-state index < -0.39 is 0 Å². The third-order valence-corrected chi connectivity index (χ3v) is 3.61. The van der Waals surface area contributed by atoms with Gasteiger partial charge in [-0.3, -0.25) is 0 Å². The summed E-state index contributed by atoms with van der Waals surface area (Å²) in [5, 5.41) is 7.04. The molecule has 1 heterocycles. The molecule has 1 aliphatic heterocycles. The quantitative estimate of drug-likeness (QED) is 0.824. The molecule has 0 aliphatic carbocycles. The van der Waals surface area contributed by atoms with Gasteiger partial charge in [0.25, 0.3) is 0 Å². The molecular weight excluding hydrogens is 240 g/mol. The molecule has 0 saturated carbocycles. The lowest BCUT2D eigenvalue weighted by atomic mass is 10.1. The number of nitrogens with one attached hydrogen (secondary N) is 2. The molecular formula is C15H24N2O2. The Morgan fingerprint density at radius 2 is 2.16 bits per heavy atom. The Labute approximate surface area is 115 Å². The summed E-state index contributed by atoms with van der Waals surface area (Å²) in [4.78, 5) is 0. The second-order valence-electron chi connectivity index (χ2n) is 4.96. The highest BCUT2D eigenvalue weighted by Crippen LogP contribution is 2.23. The first-order valence-corrected chi connectivity index (χ1v) is 6.98. The third-order valence-electron chi connectivity index (χ3n) is 3.61. The van der Waals surface area contributed by atoms with Crippen LogP contribution in [0.2, 0.25) is 0 Å². The van der Waals surface area contributed by atoms with Gasteiger partial charge in [-0.25, -0.2) is 0 Å². The zero-order valence-electron chi connectivity index (χ0n) is 11.9. The van der Waals surface area contributed by atoms with E-state index in [2.05, 4.69) is 10.6 Å². The first-order valence-electron chi connectivity index (χ1n) is 6.98. The van der Waals surface area contributed by atoms with Crippen molar-refractivity contribution in [2.75, 3.05) is 27.3 Å². The predicted molar refractivity (Wildman–Crippen MR) is 76.9 cm³/mol. The Balaban J connectivity index is 1.86. The molecule has 0 aromatic heterocycles. The number of hydrogen-bond acceptors (Lipinski definition) is 4. The summed E-state index contributed by atoms with van der Waals surface area (Å²) in [6.45, 7) is 2.95. The molecule has 1 atom stereocenters. The fourth-order valence-corrected chi connectivity index (χ4v) is 2.50. The van der Waals surface area contributed by atoms with E-state index in [4.69, 9.17) is 9.47 Å². The minimum Gasteiger partial charge on any atom is -0.497 e. The summed E-state index contributed by atoms with van der Waals surface area (Å²) in [5.74, 6) is 1.78. The van der Waals surface area contributed by atoms with Gasteiger partial charge in [0.1, 0.15) is 11.5 Å². The highest BCUT2D eigenvalue weighted by molar-refractivity contribution is 5.40. The Hall–Kier alpha value is -1.26. The van der Waals surface area contributed by atoms with Crippen molar-refractivity contribution >= 4 is 0 Å². The van der Waals surface area contributed by atoms with Crippen LogP contribution >= 0.6 is 0 Å². The van der Waals surface area contributed by atoms with Crippen LogP contribution in [-0.2, 0) is 6.54 Å². The molecule has 0 spiro atoms. The number of methoxy groups -OCH3 is 2. The normalized spacial score (nSPS) is 19.2. The monoisotopic (exact) mass is 264 g/mol. The van der Waals surface area contributed by atoms with Crippen molar-refractivity contribution in [1.29, 1.82) is 0 Å². The van der Waals surface area contributed by atoms with E-state index in [1.807, 2.05) is 18.2 Å². The number of hydrogen-bond donors (Lipinski definition) is 2. The molecule has 2 rings (SSSR count). The van der Waals surface area contributed by atoms with Crippen molar-refractivity contribution < 1.29 is 9.47 Å². The second-order valence-corrected chi connectivity index (χ2v) is 4.96. The molecule has 4 heteroatoms. The van der Waals surface area contributed by atoms with Crippen LogP contribution in [0.4, 0.5) is 0 Å². The standard InChI is InChI=1S/C15H24N2O2/c1-18-14-6-7-15(19-2)12(9-14)10-16-11-13-5-3-4-8-17-13/h6-7,9,13,16-17H,3-5,8,10-11H2,1-2H3. The van der Waals surface area contributed by atoms with Gasteiger partial charge in [-0.2, -0.15) is 0 Å².